The first-order valence-corrected chi connectivity index (χ1v) is 13.5. The maximum atomic E-state index is 2.58. The lowest BCUT2D eigenvalue weighted by atomic mass is 9.66. The van der Waals surface area contributed by atoms with Crippen LogP contribution in [0.3, 0.4) is 0 Å². The van der Waals surface area contributed by atoms with E-state index in [1.54, 1.807) is 11.1 Å². The summed E-state index contributed by atoms with van der Waals surface area (Å²) in [4.78, 5) is 0. The number of hydrogen-bond acceptors (Lipinski definition) is 0. The second-order valence-corrected chi connectivity index (χ2v) is 10.6. The molecule has 1 saturated carbocycles. The summed E-state index contributed by atoms with van der Waals surface area (Å²) >= 11 is 0. The molecule has 3 rings (SSSR count). The summed E-state index contributed by atoms with van der Waals surface area (Å²) in [5.74, 6) is 0.731. The predicted octanol–water partition coefficient (Wildman–Crippen LogP) is 9.92. The Hall–Kier alpha value is -1.04. The third-order valence-electron chi connectivity index (χ3n) is 8.13. The molecule has 1 fully saturated rings. The highest BCUT2D eigenvalue weighted by Gasteiger charge is 2.32. The summed E-state index contributed by atoms with van der Waals surface area (Å²) in [5, 5.41) is 0. The fourth-order valence-corrected chi connectivity index (χ4v) is 6.20. The number of unbranched alkanes of at least 4 members (excludes halogenated alkanes) is 2. The van der Waals surface area contributed by atoms with Crippen molar-refractivity contribution in [3.8, 4) is 0 Å². The van der Waals surface area contributed by atoms with Gasteiger partial charge < -0.3 is 0 Å². The average Bonchev–Trinajstić information content (AvgIpc) is 2.79. The van der Waals surface area contributed by atoms with E-state index in [4.69, 9.17) is 0 Å². The van der Waals surface area contributed by atoms with Crippen LogP contribution in [-0.2, 0) is 6.42 Å². The fourth-order valence-electron chi connectivity index (χ4n) is 6.20. The maximum absolute atomic E-state index is 2.58. The van der Waals surface area contributed by atoms with E-state index in [9.17, 15) is 0 Å². The molecule has 0 spiro atoms. The van der Waals surface area contributed by atoms with Gasteiger partial charge in [-0.1, -0.05) is 94.7 Å². The summed E-state index contributed by atoms with van der Waals surface area (Å²) < 4.78 is 0. The minimum atomic E-state index is 0.661. The molecule has 0 amide bonds. The van der Waals surface area contributed by atoms with Gasteiger partial charge in [0.25, 0.3) is 0 Å². The molecule has 1 atom stereocenters. The monoisotopic (exact) mass is 408 g/mol. The van der Waals surface area contributed by atoms with Crippen LogP contribution < -0.4 is 0 Å². The molecule has 0 saturated heterocycles. The second-order valence-electron chi connectivity index (χ2n) is 10.6. The highest BCUT2D eigenvalue weighted by Crippen LogP contribution is 2.46. The van der Waals surface area contributed by atoms with Crippen molar-refractivity contribution in [3.63, 3.8) is 0 Å². The molecule has 0 aromatic heterocycles. The predicted molar refractivity (Wildman–Crippen MR) is 133 cm³/mol. The van der Waals surface area contributed by atoms with Gasteiger partial charge in [-0.3, -0.25) is 0 Å². The molecular formula is C30H48. The third kappa shape index (κ3) is 7.28. The van der Waals surface area contributed by atoms with Crippen LogP contribution in [0.1, 0.15) is 140 Å². The Kier molecular flexibility index (Phi) is 10.0. The van der Waals surface area contributed by atoms with Gasteiger partial charge in [0.05, 0.1) is 0 Å². The molecule has 0 bridgehead atoms. The second kappa shape index (κ2) is 12.7. The van der Waals surface area contributed by atoms with Crippen LogP contribution in [0.4, 0.5) is 0 Å². The van der Waals surface area contributed by atoms with Crippen molar-refractivity contribution in [3.05, 3.63) is 47.0 Å². The zero-order valence-corrected chi connectivity index (χ0v) is 20.2. The number of rotatable bonds is 12. The van der Waals surface area contributed by atoms with Gasteiger partial charge in [-0.25, -0.2) is 0 Å². The van der Waals surface area contributed by atoms with Gasteiger partial charge in [0.1, 0.15) is 0 Å². The molecule has 0 heterocycles. The highest BCUT2D eigenvalue weighted by atomic mass is 14.4. The standard InChI is InChI=1S/C30H48/c1-3-5-10-21-30(22-11-7-12-23-30)24-20-29(25-27-14-8-6-9-15-27)28-18-16-26(13-4-2)17-19-28/h14,16-19,29H,3-13,15,20-25H2,1-2H3. The lowest BCUT2D eigenvalue weighted by molar-refractivity contribution is 0.144. The topological polar surface area (TPSA) is 0 Å². The Morgan fingerprint density at radius 1 is 0.833 bits per heavy atom. The van der Waals surface area contributed by atoms with Crippen molar-refractivity contribution in [1.82, 2.24) is 0 Å². The first kappa shape index (κ1) is 23.6. The molecule has 0 N–H and O–H groups in total. The molecule has 30 heavy (non-hydrogen) atoms. The van der Waals surface area contributed by atoms with Crippen LogP contribution in [0.15, 0.2) is 35.9 Å². The van der Waals surface area contributed by atoms with Crippen LogP contribution in [0, 0.1) is 5.41 Å². The number of aryl methyl sites for hydroxylation is 1. The van der Waals surface area contributed by atoms with Crippen molar-refractivity contribution in [2.75, 3.05) is 0 Å². The molecule has 168 valence electrons. The van der Waals surface area contributed by atoms with Crippen LogP contribution in [0.5, 0.6) is 0 Å². The Bertz CT molecular complexity index is 614. The van der Waals surface area contributed by atoms with Crippen LogP contribution >= 0.6 is 0 Å². The zero-order chi connectivity index (χ0) is 21.1. The largest absolute Gasteiger partial charge is 0.0853 e. The summed E-state index contributed by atoms with van der Waals surface area (Å²) in [7, 11) is 0. The molecule has 0 heteroatoms. The molecule has 2 aliphatic carbocycles. The van der Waals surface area contributed by atoms with Gasteiger partial charge in [0, 0.05) is 0 Å². The van der Waals surface area contributed by atoms with Crippen LogP contribution in [0.25, 0.3) is 0 Å². The first-order valence-electron chi connectivity index (χ1n) is 13.5. The smallest absolute Gasteiger partial charge is 0.0125 e. The highest BCUT2D eigenvalue weighted by molar-refractivity contribution is 5.27. The molecule has 0 aliphatic heterocycles. The van der Waals surface area contributed by atoms with E-state index in [1.807, 2.05) is 0 Å². The molecule has 0 nitrogen and oxygen atoms in total. The quantitative estimate of drug-likeness (QED) is 0.238. The molecular weight excluding hydrogens is 360 g/mol. The molecule has 0 radical (unpaired) electrons. The van der Waals surface area contributed by atoms with Gasteiger partial charge in [-0.15, -0.1) is 0 Å². The SMILES string of the molecule is CCCCCC1(CCC(CC2=CCCCC2)c2ccc(CCC)cc2)CCCCC1. The van der Waals surface area contributed by atoms with Crippen molar-refractivity contribution in [2.24, 2.45) is 5.41 Å². The molecule has 1 aromatic rings. The third-order valence-corrected chi connectivity index (χ3v) is 8.13. The Morgan fingerprint density at radius 3 is 2.30 bits per heavy atom. The fraction of sp³-hybridized carbons (Fsp3) is 0.733. The van der Waals surface area contributed by atoms with Crippen molar-refractivity contribution < 1.29 is 0 Å². The number of hydrogen-bond donors (Lipinski definition) is 0. The Balaban J connectivity index is 1.70. The zero-order valence-electron chi connectivity index (χ0n) is 20.2. The van der Waals surface area contributed by atoms with Crippen LogP contribution in [-0.4, -0.2) is 0 Å². The summed E-state index contributed by atoms with van der Waals surface area (Å²) in [5.41, 5.74) is 5.54. The first-order chi connectivity index (χ1) is 14.7. The minimum absolute atomic E-state index is 0.661. The Morgan fingerprint density at radius 2 is 1.63 bits per heavy atom. The van der Waals surface area contributed by atoms with Crippen LogP contribution in [0.2, 0.25) is 0 Å². The van der Waals surface area contributed by atoms with E-state index in [-0.39, 0.29) is 0 Å². The van der Waals surface area contributed by atoms with E-state index >= 15 is 0 Å². The lowest BCUT2D eigenvalue weighted by Crippen LogP contribution is -2.25. The van der Waals surface area contributed by atoms with Gasteiger partial charge in [-0.05, 0) is 93.1 Å². The van der Waals surface area contributed by atoms with E-state index in [0.29, 0.717) is 5.41 Å². The van der Waals surface area contributed by atoms with E-state index < -0.39 is 0 Å². The van der Waals surface area contributed by atoms with E-state index in [2.05, 4.69) is 44.2 Å². The van der Waals surface area contributed by atoms with Gasteiger partial charge in [0.15, 0.2) is 0 Å². The molecule has 1 aromatic carbocycles. The van der Waals surface area contributed by atoms with E-state index in [1.165, 1.54) is 121 Å². The number of allylic oxidation sites excluding steroid dienone is 2. The normalized spacial score (nSPS) is 20.0. The van der Waals surface area contributed by atoms with Crippen molar-refractivity contribution in [2.45, 2.75) is 135 Å². The average molecular weight is 409 g/mol. The molecule has 1 unspecified atom stereocenters. The molecule has 2 aliphatic rings. The lowest BCUT2D eigenvalue weighted by Gasteiger charge is -2.39. The van der Waals surface area contributed by atoms with Crippen molar-refractivity contribution >= 4 is 0 Å². The van der Waals surface area contributed by atoms with Gasteiger partial charge >= 0.3 is 0 Å². The maximum Gasteiger partial charge on any atom is -0.0125 e. The summed E-state index contributed by atoms with van der Waals surface area (Å²) in [6, 6.07) is 9.78. The summed E-state index contributed by atoms with van der Waals surface area (Å²) in [6.45, 7) is 4.64. The van der Waals surface area contributed by atoms with E-state index in [0.717, 1.165) is 5.92 Å². The van der Waals surface area contributed by atoms with Gasteiger partial charge in [0.2, 0.25) is 0 Å². The minimum Gasteiger partial charge on any atom is -0.0853 e. The van der Waals surface area contributed by atoms with Gasteiger partial charge in [-0.2, -0.15) is 0 Å². The number of benzene rings is 1. The van der Waals surface area contributed by atoms with Crippen molar-refractivity contribution in [1.29, 1.82) is 0 Å². The summed E-state index contributed by atoms with van der Waals surface area (Å²) in [6.07, 6.45) is 27.9. The Labute approximate surface area is 187 Å².